The Morgan fingerprint density at radius 3 is 2.72 bits per heavy atom. The summed E-state index contributed by atoms with van der Waals surface area (Å²) in [6, 6.07) is 7.29. The zero-order chi connectivity index (χ0) is 13.4. The Morgan fingerprint density at radius 2 is 2.06 bits per heavy atom. The van der Waals surface area contributed by atoms with Crippen molar-refractivity contribution < 1.29 is 14.3 Å². The molecule has 4 nitrogen and oxygen atoms in total. The zero-order valence-electron chi connectivity index (χ0n) is 11.0. The Kier molecular flexibility index (Phi) is 6.39. The molecule has 0 spiro atoms. The molecule has 0 aliphatic rings. The van der Waals surface area contributed by atoms with Crippen molar-refractivity contribution in [2.24, 2.45) is 11.7 Å². The van der Waals surface area contributed by atoms with Crippen LogP contribution in [-0.2, 0) is 4.74 Å². The predicted molar refractivity (Wildman–Crippen MR) is 71.0 cm³/mol. The standard InChI is InChI=1S/C14H21NO3/c1-11(7-8-15)14(16)12-5-3-4-6-13(12)18-10-9-17-2/h3-6,11H,7-10,15H2,1-2H3. The lowest BCUT2D eigenvalue weighted by Crippen LogP contribution is -2.17. The van der Waals surface area contributed by atoms with Crippen molar-refractivity contribution in [3.8, 4) is 5.75 Å². The number of ketones is 1. The third-order valence-electron chi connectivity index (χ3n) is 2.74. The summed E-state index contributed by atoms with van der Waals surface area (Å²) >= 11 is 0. The summed E-state index contributed by atoms with van der Waals surface area (Å²) in [6.45, 7) is 3.34. The summed E-state index contributed by atoms with van der Waals surface area (Å²) in [4.78, 5) is 12.2. The van der Waals surface area contributed by atoms with Gasteiger partial charge < -0.3 is 15.2 Å². The van der Waals surface area contributed by atoms with Crippen molar-refractivity contribution in [2.75, 3.05) is 26.9 Å². The van der Waals surface area contributed by atoms with Crippen LogP contribution in [0.4, 0.5) is 0 Å². The van der Waals surface area contributed by atoms with Gasteiger partial charge in [-0.3, -0.25) is 4.79 Å². The monoisotopic (exact) mass is 251 g/mol. The Labute approximate surface area is 108 Å². The number of nitrogens with two attached hydrogens (primary N) is 1. The van der Waals surface area contributed by atoms with Crippen molar-refractivity contribution in [1.29, 1.82) is 0 Å². The molecule has 1 aromatic carbocycles. The van der Waals surface area contributed by atoms with Crippen molar-refractivity contribution in [1.82, 2.24) is 0 Å². The third kappa shape index (κ3) is 4.13. The van der Waals surface area contributed by atoms with Gasteiger partial charge in [0.2, 0.25) is 0 Å². The van der Waals surface area contributed by atoms with Crippen LogP contribution in [0.25, 0.3) is 0 Å². The molecule has 0 heterocycles. The van der Waals surface area contributed by atoms with E-state index in [9.17, 15) is 4.79 Å². The molecule has 4 heteroatoms. The molecule has 0 amide bonds. The summed E-state index contributed by atoms with van der Waals surface area (Å²) in [6.07, 6.45) is 0.686. The maximum Gasteiger partial charge on any atom is 0.169 e. The molecule has 100 valence electrons. The quantitative estimate of drug-likeness (QED) is 0.566. The third-order valence-corrected chi connectivity index (χ3v) is 2.74. The van der Waals surface area contributed by atoms with Crippen LogP contribution in [-0.4, -0.2) is 32.7 Å². The first-order valence-electron chi connectivity index (χ1n) is 6.15. The van der Waals surface area contributed by atoms with Crippen LogP contribution >= 0.6 is 0 Å². The summed E-state index contributed by atoms with van der Waals surface area (Å²) in [7, 11) is 1.61. The number of carbonyl (C=O) groups is 1. The Hall–Kier alpha value is -1.39. The zero-order valence-corrected chi connectivity index (χ0v) is 11.0. The molecule has 0 aromatic heterocycles. The molecule has 1 unspecified atom stereocenters. The molecule has 0 aliphatic heterocycles. The molecule has 1 rings (SSSR count). The number of benzene rings is 1. The van der Waals surface area contributed by atoms with Crippen LogP contribution in [0.1, 0.15) is 23.7 Å². The SMILES string of the molecule is COCCOc1ccccc1C(=O)C(C)CCN. The normalized spacial score (nSPS) is 12.2. The highest BCUT2D eigenvalue weighted by molar-refractivity contribution is 6.00. The lowest BCUT2D eigenvalue weighted by molar-refractivity contribution is 0.0918. The molecule has 2 N–H and O–H groups in total. The van der Waals surface area contributed by atoms with Gasteiger partial charge in [-0.15, -0.1) is 0 Å². The molecule has 0 saturated carbocycles. The summed E-state index contributed by atoms with van der Waals surface area (Å²) in [5.41, 5.74) is 6.10. The van der Waals surface area contributed by atoms with Gasteiger partial charge in [-0.1, -0.05) is 19.1 Å². The van der Waals surface area contributed by atoms with E-state index in [2.05, 4.69) is 0 Å². The predicted octanol–water partition coefficient (Wildman–Crippen LogP) is 1.88. The first-order chi connectivity index (χ1) is 8.70. The lowest BCUT2D eigenvalue weighted by Gasteiger charge is -2.13. The van der Waals surface area contributed by atoms with Gasteiger partial charge in [0.05, 0.1) is 12.2 Å². The maximum absolute atomic E-state index is 12.2. The van der Waals surface area contributed by atoms with Crippen LogP contribution < -0.4 is 10.5 Å². The first-order valence-corrected chi connectivity index (χ1v) is 6.15. The topological polar surface area (TPSA) is 61.5 Å². The van der Waals surface area contributed by atoms with E-state index < -0.39 is 0 Å². The Morgan fingerprint density at radius 1 is 1.33 bits per heavy atom. The number of hydrogen-bond donors (Lipinski definition) is 1. The average molecular weight is 251 g/mol. The van der Waals surface area contributed by atoms with E-state index in [4.69, 9.17) is 15.2 Å². The van der Waals surface area contributed by atoms with E-state index in [1.54, 1.807) is 19.2 Å². The van der Waals surface area contributed by atoms with Crippen LogP contribution in [0.5, 0.6) is 5.75 Å². The second-order valence-corrected chi connectivity index (χ2v) is 4.18. The fraction of sp³-hybridized carbons (Fsp3) is 0.500. The maximum atomic E-state index is 12.2. The van der Waals surface area contributed by atoms with E-state index in [0.717, 1.165) is 0 Å². The molecule has 18 heavy (non-hydrogen) atoms. The summed E-state index contributed by atoms with van der Waals surface area (Å²) in [5, 5.41) is 0. The number of carbonyl (C=O) groups excluding carboxylic acids is 1. The minimum Gasteiger partial charge on any atom is -0.490 e. The average Bonchev–Trinajstić information content (AvgIpc) is 2.39. The van der Waals surface area contributed by atoms with Gasteiger partial charge in [-0.05, 0) is 25.1 Å². The molecule has 0 fully saturated rings. The summed E-state index contributed by atoms with van der Waals surface area (Å²) in [5.74, 6) is 0.610. The van der Waals surface area contributed by atoms with Gasteiger partial charge in [0.25, 0.3) is 0 Å². The molecular weight excluding hydrogens is 230 g/mol. The fourth-order valence-corrected chi connectivity index (χ4v) is 1.68. The van der Waals surface area contributed by atoms with Crippen molar-refractivity contribution in [3.63, 3.8) is 0 Å². The largest absolute Gasteiger partial charge is 0.490 e. The minimum atomic E-state index is -0.0813. The number of methoxy groups -OCH3 is 1. The van der Waals surface area contributed by atoms with Crippen LogP contribution in [0.3, 0.4) is 0 Å². The van der Waals surface area contributed by atoms with Gasteiger partial charge in [-0.25, -0.2) is 0 Å². The summed E-state index contributed by atoms with van der Waals surface area (Å²) < 4.78 is 10.5. The van der Waals surface area contributed by atoms with E-state index in [-0.39, 0.29) is 11.7 Å². The van der Waals surface area contributed by atoms with E-state index in [1.807, 2.05) is 19.1 Å². The Bertz CT molecular complexity index is 379. The number of Topliss-reactive ketones (excluding diaryl/α,β-unsaturated/α-hetero) is 1. The van der Waals surface area contributed by atoms with Crippen LogP contribution in [0, 0.1) is 5.92 Å². The van der Waals surface area contributed by atoms with E-state index in [1.165, 1.54) is 0 Å². The van der Waals surface area contributed by atoms with Crippen LogP contribution in [0.2, 0.25) is 0 Å². The molecule has 1 atom stereocenters. The van der Waals surface area contributed by atoms with Gasteiger partial charge in [0.15, 0.2) is 5.78 Å². The highest BCUT2D eigenvalue weighted by Crippen LogP contribution is 2.22. The first kappa shape index (κ1) is 14.7. The molecule has 0 bridgehead atoms. The number of rotatable bonds is 8. The lowest BCUT2D eigenvalue weighted by atomic mass is 9.96. The number of ether oxygens (including phenoxy) is 2. The molecule has 0 radical (unpaired) electrons. The molecular formula is C14H21NO3. The molecule has 0 aliphatic carbocycles. The van der Waals surface area contributed by atoms with Gasteiger partial charge in [0.1, 0.15) is 12.4 Å². The number of hydrogen-bond acceptors (Lipinski definition) is 4. The minimum absolute atomic E-state index is 0.0773. The number of para-hydroxylation sites is 1. The second-order valence-electron chi connectivity index (χ2n) is 4.18. The molecule has 1 aromatic rings. The van der Waals surface area contributed by atoms with Gasteiger partial charge >= 0.3 is 0 Å². The highest BCUT2D eigenvalue weighted by atomic mass is 16.5. The van der Waals surface area contributed by atoms with Crippen molar-refractivity contribution in [3.05, 3.63) is 29.8 Å². The smallest absolute Gasteiger partial charge is 0.169 e. The van der Waals surface area contributed by atoms with Crippen molar-refractivity contribution >= 4 is 5.78 Å². The van der Waals surface area contributed by atoms with E-state index in [0.29, 0.717) is 37.5 Å². The van der Waals surface area contributed by atoms with E-state index >= 15 is 0 Å². The van der Waals surface area contributed by atoms with Crippen molar-refractivity contribution in [2.45, 2.75) is 13.3 Å². The second kappa shape index (κ2) is 7.84. The van der Waals surface area contributed by atoms with Crippen LogP contribution in [0.15, 0.2) is 24.3 Å². The fourth-order valence-electron chi connectivity index (χ4n) is 1.68. The molecule has 0 saturated heterocycles. The van der Waals surface area contributed by atoms with Gasteiger partial charge in [0, 0.05) is 13.0 Å². The highest BCUT2D eigenvalue weighted by Gasteiger charge is 2.18. The Balaban J connectivity index is 2.77. The van der Waals surface area contributed by atoms with Gasteiger partial charge in [-0.2, -0.15) is 0 Å².